The van der Waals surface area contributed by atoms with E-state index in [0.29, 0.717) is 0 Å². The number of rotatable bonds is 0. The molecule has 3 aromatic heterocycles. The van der Waals surface area contributed by atoms with Crippen LogP contribution < -0.4 is 0 Å². The molecule has 3 heterocycles. The summed E-state index contributed by atoms with van der Waals surface area (Å²) < 4.78 is 2.88. The molecule has 54 valence electrons. The van der Waals surface area contributed by atoms with Crippen molar-refractivity contribution in [3.8, 4) is 0 Å². The lowest BCUT2D eigenvalue weighted by Crippen LogP contribution is -1.45. The van der Waals surface area contributed by atoms with Gasteiger partial charge >= 0.3 is 0 Å². The summed E-state index contributed by atoms with van der Waals surface area (Å²) >= 11 is 5.48. The van der Waals surface area contributed by atoms with Crippen LogP contribution in [0.2, 0.25) is 0 Å². The normalized spacial score (nSPS) is 11.6. The maximum Gasteiger partial charge on any atom is 0.0463 e. The van der Waals surface area contributed by atoms with Gasteiger partial charge in [0, 0.05) is 41.7 Å². The third-order valence-corrected chi connectivity index (χ3v) is 4.66. The molecule has 0 amide bonds. The monoisotopic (exact) mass is 196 g/mol. The Balaban J connectivity index is 2.75. The fourth-order valence-electron chi connectivity index (χ4n) is 1.24. The van der Waals surface area contributed by atoms with Crippen molar-refractivity contribution in [2.75, 3.05) is 0 Å². The molecule has 0 radical (unpaired) electrons. The molecule has 0 atom stereocenters. The summed E-state index contributed by atoms with van der Waals surface area (Å²) in [5.74, 6) is 0. The standard InChI is InChI=1S/C8H4S3/c1-5-6-2-10-4-8(6)11-7(5)3-9-1/h1-4H. The minimum absolute atomic E-state index is 1.44. The van der Waals surface area contributed by atoms with E-state index >= 15 is 0 Å². The SMILES string of the molecule is c1scc2c1sc1cscc12. The van der Waals surface area contributed by atoms with Gasteiger partial charge in [0.1, 0.15) is 0 Å². The molecule has 0 saturated heterocycles. The van der Waals surface area contributed by atoms with Gasteiger partial charge in [-0.05, 0) is 0 Å². The molecule has 11 heavy (non-hydrogen) atoms. The van der Waals surface area contributed by atoms with E-state index in [0.717, 1.165) is 0 Å². The van der Waals surface area contributed by atoms with Gasteiger partial charge in [-0.15, -0.1) is 11.3 Å². The average molecular weight is 196 g/mol. The van der Waals surface area contributed by atoms with Gasteiger partial charge in [0.2, 0.25) is 0 Å². The van der Waals surface area contributed by atoms with Crippen LogP contribution in [-0.2, 0) is 0 Å². The van der Waals surface area contributed by atoms with Crippen molar-refractivity contribution in [1.82, 2.24) is 0 Å². The summed E-state index contributed by atoms with van der Waals surface area (Å²) in [6.07, 6.45) is 0. The topological polar surface area (TPSA) is 0 Å². The second-order valence-electron chi connectivity index (χ2n) is 2.40. The Morgan fingerprint density at radius 3 is 1.82 bits per heavy atom. The maximum absolute atomic E-state index is 2.24. The van der Waals surface area contributed by atoms with Crippen molar-refractivity contribution in [3.05, 3.63) is 21.5 Å². The van der Waals surface area contributed by atoms with E-state index in [4.69, 9.17) is 0 Å². The van der Waals surface area contributed by atoms with Gasteiger partial charge in [-0.2, -0.15) is 22.7 Å². The molecule has 0 bridgehead atoms. The summed E-state index contributed by atoms with van der Waals surface area (Å²) in [5, 5.41) is 11.8. The minimum atomic E-state index is 1.44. The summed E-state index contributed by atoms with van der Waals surface area (Å²) in [4.78, 5) is 0. The fraction of sp³-hybridized carbons (Fsp3) is 0. The molecule has 0 nitrogen and oxygen atoms in total. The third-order valence-electron chi connectivity index (χ3n) is 1.76. The minimum Gasteiger partial charge on any atom is -0.150 e. The van der Waals surface area contributed by atoms with E-state index in [-0.39, 0.29) is 0 Å². The molecular formula is C8H4S3. The highest BCUT2D eigenvalue weighted by molar-refractivity contribution is 7.30. The third kappa shape index (κ3) is 0.732. The van der Waals surface area contributed by atoms with Crippen molar-refractivity contribution in [2.45, 2.75) is 0 Å². The van der Waals surface area contributed by atoms with Crippen molar-refractivity contribution in [2.24, 2.45) is 0 Å². The number of thiophene rings is 3. The molecular weight excluding hydrogens is 192 g/mol. The van der Waals surface area contributed by atoms with Crippen LogP contribution in [0.25, 0.3) is 20.2 Å². The summed E-state index contributed by atoms with van der Waals surface area (Å²) in [6, 6.07) is 0. The van der Waals surface area contributed by atoms with E-state index in [1.165, 1.54) is 20.2 Å². The van der Waals surface area contributed by atoms with Crippen molar-refractivity contribution < 1.29 is 0 Å². The van der Waals surface area contributed by atoms with Crippen LogP contribution in [-0.4, -0.2) is 0 Å². The van der Waals surface area contributed by atoms with E-state index in [2.05, 4.69) is 21.5 Å². The molecule has 0 aliphatic rings. The van der Waals surface area contributed by atoms with Gasteiger partial charge in [-0.3, -0.25) is 0 Å². The van der Waals surface area contributed by atoms with Gasteiger partial charge in [-0.1, -0.05) is 0 Å². The van der Waals surface area contributed by atoms with Crippen LogP contribution in [0.5, 0.6) is 0 Å². The number of fused-ring (bicyclic) bond motifs is 3. The summed E-state index contributed by atoms with van der Waals surface area (Å²) in [5.41, 5.74) is 0. The van der Waals surface area contributed by atoms with Gasteiger partial charge in [-0.25, -0.2) is 0 Å². The number of hydrogen-bond donors (Lipinski definition) is 0. The Morgan fingerprint density at radius 2 is 1.27 bits per heavy atom. The molecule has 0 saturated carbocycles. The second-order valence-corrected chi connectivity index (χ2v) is 4.97. The first kappa shape index (κ1) is 6.17. The Hall–Kier alpha value is -0.380. The summed E-state index contributed by atoms with van der Waals surface area (Å²) in [7, 11) is 0. The largest absolute Gasteiger partial charge is 0.150 e. The Labute approximate surface area is 75.7 Å². The van der Waals surface area contributed by atoms with E-state index in [1.54, 1.807) is 22.7 Å². The van der Waals surface area contributed by atoms with Crippen LogP contribution in [0, 0.1) is 0 Å². The molecule has 0 aliphatic carbocycles. The lowest BCUT2D eigenvalue weighted by atomic mass is 10.3. The lowest BCUT2D eigenvalue weighted by Gasteiger charge is -1.71. The van der Waals surface area contributed by atoms with Crippen LogP contribution in [0.3, 0.4) is 0 Å². The molecule has 3 aromatic rings. The maximum atomic E-state index is 2.24. The first-order valence-corrected chi connectivity index (χ1v) is 5.96. The Morgan fingerprint density at radius 1 is 0.727 bits per heavy atom. The van der Waals surface area contributed by atoms with Gasteiger partial charge in [0.15, 0.2) is 0 Å². The zero-order chi connectivity index (χ0) is 7.26. The highest BCUT2D eigenvalue weighted by atomic mass is 32.1. The average Bonchev–Trinajstić information content (AvgIpc) is 2.52. The van der Waals surface area contributed by atoms with Gasteiger partial charge in [0.25, 0.3) is 0 Å². The van der Waals surface area contributed by atoms with Gasteiger partial charge in [0.05, 0.1) is 0 Å². The highest BCUT2D eigenvalue weighted by Crippen LogP contribution is 2.37. The van der Waals surface area contributed by atoms with Crippen molar-refractivity contribution in [1.29, 1.82) is 0 Å². The van der Waals surface area contributed by atoms with Crippen LogP contribution in [0.15, 0.2) is 21.5 Å². The smallest absolute Gasteiger partial charge is 0.0463 e. The zero-order valence-electron chi connectivity index (χ0n) is 5.53. The van der Waals surface area contributed by atoms with Crippen molar-refractivity contribution in [3.63, 3.8) is 0 Å². The fourth-order valence-corrected chi connectivity index (χ4v) is 4.32. The molecule has 0 fully saturated rings. The molecule has 3 heteroatoms. The second kappa shape index (κ2) is 2.06. The molecule has 0 unspecified atom stereocenters. The summed E-state index contributed by atoms with van der Waals surface area (Å²) in [6.45, 7) is 0. The highest BCUT2D eigenvalue weighted by Gasteiger charge is 2.04. The molecule has 0 aromatic carbocycles. The first-order valence-electron chi connectivity index (χ1n) is 3.26. The van der Waals surface area contributed by atoms with E-state index < -0.39 is 0 Å². The first-order chi connectivity index (χ1) is 5.45. The zero-order valence-corrected chi connectivity index (χ0v) is 7.98. The van der Waals surface area contributed by atoms with Crippen LogP contribution in [0.4, 0.5) is 0 Å². The molecule has 0 N–H and O–H groups in total. The Kier molecular flexibility index (Phi) is 1.16. The van der Waals surface area contributed by atoms with Crippen LogP contribution in [0.1, 0.15) is 0 Å². The van der Waals surface area contributed by atoms with Gasteiger partial charge < -0.3 is 0 Å². The van der Waals surface area contributed by atoms with E-state index in [1.807, 2.05) is 11.3 Å². The van der Waals surface area contributed by atoms with E-state index in [9.17, 15) is 0 Å². The van der Waals surface area contributed by atoms with Crippen LogP contribution >= 0.6 is 34.0 Å². The predicted molar refractivity (Wildman–Crippen MR) is 55.1 cm³/mol. The molecule has 0 aliphatic heterocycles. The Bertz CT molecular complexity index is 452. The van der Waals surface area contributed by atoms with Crippen molar-refractivity contribution >= 4 is 54.2 Å². The lowest BCUT2D eigenvalue weighted by molar-refractivity contribution is 2.35. The predicted octanol–water partition coefficient (Wildman–Crippen LogP) is 4.18. The molecule has 3 rings (SSSR count). The quantitative estimate of drug-likeness (QED) is 0.506. The number of hydrogen-bond acceptors (Lipinski definition) is 3. The molecule has 0 spiro atoms.